The summed E-state index contributed by atoms with van der Waals surface area (Å²) in [6, 6.07) is 12.4. The predicted octanol–water partition coefficient (Wildman–Crippen LogP) is 4.23. The first-order chi connectivity index (χ1) is 15.5. The fourth-order valence-corrected chi connectivity index (χ4v) is 4.10. The van der Waals surface area contributed by atoms with Crippen LogP contribution >= 0.6 is 0 Å². The van der Waals surface area contributed by atoms with E-state index in [4.69, 9.17) is 23.7 Å². The van der Waals surface area contributed by atoms with E-state index in [0.29, 0.717) is 42.1 Å². The molecule has 0 N–H and O–H groups in total. The lowest BCUT2D eigenvalue weighted by molar-refractivity contribution is -0.132. The van der Waals surface area contributed by atoms with Crippen molar-refractivity contribution in [3.63, 3.8) is 0 Å². The van der Waals surface area contributed by atoms with Gasteiger partial charge < -0.3 is 23.7 Å². The first-order valence-corrected chi connectivity index (χ1v) is 10.6. The first-order valence-electron chi connectivity index (χ1n) is 10.6. The second kappa shape index (κ2) is 9.34. The highest BCUT2D eigenvalue weighted by molar-refractivity contribution is 5.96. The van der Waals surface area contributed by atoms with Gasteiger partial charge in [-0.05, 0) is 55.7 Å². The summed E-state index contributed by atoms with van der Waals surface area (Å²) in [4.78, 5) is 25.6. The van der Waals surface area contributed by atoms with Crippen molar-refractivity contribution >= 4 is 11.8 Å². The van der Waals surface area contributed by atoms with Crippen LogP contribution in [-0.4, -0.2) is 38.2 Å². The van der Waals surface area contributed by atoms with Crippen molar-refractivity contribution in [2.24, 2.45) is 5.92 Å². The van der Waals surface area contributed by atoms with Crippen molar-refractivity contribution in [1.29, 1.82) is 0 Å². The Bertz CT molecular complexity index is 1040. The molecule has 4 rings (SSSR count). The van der Waals surface area contributed by atoms with Gasteiger partial charge >= 0.3 is 5.97 Å². The van der Waals surface area contributed by atoms with E-state index in [1.165, 1.54) is 20.5 Å². The zero-order valence-electron chi connectivity index (χ0n) is 18.3. The lowest BCUT2D eigenvalue weighted by Gasteiger charge is -2.36. The standard InChI is InChI=1S/C25H26O7/c1-15-5-4-6-17(11-15)31-23-14-30-21-13-18(8-9-19(21)24(23)26)32-25(27)16-7-10-20(28-2)22(12-16)29-3/h4-7,10-12,14,18-19,21H,8-9,13H2,1-3H3. The van der Waals surface area contributed by atoms with Crippen LogP contribution in [-0.2, 0) is 14.3 Å². The van der Waals surface area contributed by atoms with E-state index in [1.54, 1.807) is 24.3 Å². The average Bonchev–Trinajstić information content (AvgIpc) is 2.80. The van der Waals surface area contributed by atoms with E-state index in [0.717, 1.165) is 5.56 Å². The molecule has 32 heavy (non-hydrogen) atoms. The number of carbonyl (C=O) groups is 2. The number of ketones is 1. The van der Waals surface area contributed by atoms with Crippen molar-refractivity contribution in [1.82, 2.24) is 0 Å². The number of esters is 1. The first kappa shape index (κ1) is 21.7. The minimum atomic E-state index is -0.449. The molecule has 0 spiro atoms. The number of Topliss-reactive ketones (excluding diaryl/α,β-unsaturated/α-hetero) is 1. The Hall–Kier alpha value is -3.48. The van der Waals surface area contributed by atoms with Gasteiger partial charge in [-0.2, -0.15) is 0 Å². The molecule has 3 unspecified atom stereocenters. The minimum absolute atomic E-state index is 0.0765. The SMILES string of the molecule is COc1ccc(C(=O)OC2CCC3C(=O)C(Oc4cccc(C)c4)=COC3C2)cc1OC. The monoisotopic (exact) mass is 438 g/mol. The van der Waals surface area contributed by atoms with Gasteiger partial charge in [0.2, 0.25) is 11.5 Å². The number of methoxy groups -OCH3 is 2. The van der Waals surface area contributed by atoms with Crippen LogP contribution in [0.25, 0.3) is 0 Å². The van der Waals surface area contributed by atoms with Crippen molar-refractivity contribution < 1.29 is 33.3 Å². The lowest BCUT2D eigenvalue weighted by atomic mass is 9.80. The molecule has 0 radical (unpaired) electrons. The molecule has 1 fully saturated rings. The number of aryl methyl sites for hydroxylation is 1. The summed E-state index contributed by atoms with van der Waals surface area (Å²) in [5.74, 6) is 0.966. The highest BCUT2D eigenvalue weighted by Gasteiger charge is 2.42. The van der Waals surface area contributed by atoms with Crippen LogP contribution < -0.4 is 14.2 Å². The molecule has 2 aromatic carbocycles. The largest absolute Gasteiger partial charge is 0.493 e. The van der Waals surface area contributed by atoms with E-state index in [2.05, 4.69) is 0 Å². The lowest BCUT2D eigenvalue weighted by Crippen LogP contribution is -2.43. The summed E-state index contributed by atoms with van der Waals surface area (Å²) in [5.41, 5.74) is 1.42. The van der Waals surface area contributed by atoms with Crippen molar-refractivity contribution in [3.05, 3.63) is 65.6 Å². The van der Waals surface area contributed by atoms with E-state index >= 15 is 0 Å². The summed E-state index contributed by atoms with van der Waals surface area (Å²) < 4.78 is 27.7. The van der Waals surface area contributed by atoms with Gasteiger partial charge in [0.25, 0.3) is 0 Å². The van der Waals surface area contributed by atoms with Crippen LogP contribution in [0.2, 0.25) is 0 Å². The van der Waals surface area contributed by atoms with Gasteiger partial charge in [-0.1, -0.05) is 12.1 Å². The van der Waals surface area contributed by atoms with E-state index in [-0.39, 0.29) is 29.7 Å². The molecule has 0 saturated heterocycles. The highest BCUT2D eigenvalue weighted by Crippen LogP contribution is 2.36. The number of fused-ring (bicyclic) bond motifs is 1. The predicted molar refractivity (Wildman–Crippen MR) is 116 cm³/mol. The molecule has 1 saturated carbocycles. The average molecular weight is 438 g/mol. The van der Waals surface area contributed by atoms with Gasteiger partial charge in [-0.15, -0.1) is 0 Å². The maximum Gasteiger partial charge on any atom is 0.338 e. The zero-order valence-corrected chi connectivity index (χ0v) is 18.3. The van der Waals surface area contributed by atoms with Crippen LogP contribution in [0.5, 0.6) is 17.2 Å². The molecular formula is C25H26O7. The van der Waals surface area contributed by atoms with Gasteiger partial charge in [-0.3, -0.25) is 4.79 Å². The number of allylic oxidation sites excluding steroid dienone is 1. The van der Waals surface area contributed by atoms with Crippen molar-refractivity contribution in [2.45, 2.75) is 38.4 Å². The number of hydrogen-bond acceptors (Lipinski definition) is 7. The summed E-state index contributed by atoms with van der Waals surface area (Å²) >= 11 is 0. The third kappa shape index (κ3) is 4.56. The van der Waals surface area contributed by atoms with Crippen LogP contribution in [0.4, 0.5) is 0 Å². The van der Waals surface area contributed by atoms with Crippen LogP contribution in [0.1, 0.15) is 35.2 Å². The molecule has 7 heteroatoms. The number of rotatable bonds is 6. The number of hydrogen-bond donors (Lipinski definition) is 0. The number of carbonyl (C=O) groups excluding carboxylic acids is 2. The third-order valence-electron chi connectivity index (χ3n) is 5.78. The molecule has 1 aliphatic carbocycles. The Balaban J connectivity index is 1.38. The second-order valence-corrected chi connectivity index (χ2v) is 7.96. The smallest absolute Gasteiger partial charge is 0.338 e. The Labute approximate surface area is 186 Å². The summed E-state index contributed by atoms with van der Waals surface area (Å²) in [6.45, 7) is 1.96. The van der Waals surface area contributed by atoms with Gasteiger partial charge in [-0.25, -0.2) is 4.79 Å². The zero-order chi connectivity index (χ0) is 22.7. The normalized spacial score (nSPS) is 22.2. The Morgan fingerprint density at radius 3 is 2.59 bits per heavy atom. The topological polar surface area (TPSA) is 80.3 Å². The maximum atomic E-state index is 12.9. The molecule has 0 aromatic heterocycles. The fraction of sp³-hybridized carbons (Fsp3) is 0.360. The number of ether oxygens (including phenoxy) is 5. The number of benzene rings is 2. The molecule has 168 valence electrons. The maximum absolute atomic E-state index is 12.9. The minimum Gasteiger partial charge on any atom is -0.493 e. The Morgan fingerprint density at radius 2 is 1.84 bits per heavy atom. The van der Waals surface area contributed by atoms with Crippen LogP contribution in [0.3, 0.4) is 0 Å². The van der Waals surface area contributed by atoms with Crippen LogP contribution in [0, 0.1) is 12.8 Å². The van der Waals surface area contributed by atoms with Crippen molar-refractivity contribution in [2.75, 3.05) is 14.2 Å². The molecular weight excluding hydrogens is 412 g/mol. The van der Waals surface area contributed by atoms with Gasteiger partial charge in [0.05, 0.1) is 25.7 Å². The van der Waals surface area contributed by atoms with Crippen LogP contribution in [0.15, 0.2) is 54.5 Å². The summed E-state index contributed by atoms with van der Waals surface area (Å²) in [7, 11) is 3.04. The molecule has 0 bridgehead atoms. The van der Waals surface area contributed by atoms with Gasteiger partial charge in [0.1, 0.15) is 24.2 Å². The van der Waals surface area contributed by atoms with E-state index < -0.39 is 5.97 Å². The molecule has 7 nitrogen and oxygen atoms in total. The van der Waals surface area contributed by atoms with Crippen molar-refractivity contribution in [3.8, 4) is 17.2 Å². The Kier molecular flexibility index (Phi) is 6.35. The molecule has 0 amide bonds. The third-order valence-corrected chi connectivity index (χ3v) is 5.78. The van der Waals surface area contributed by atoms with Gasteiger partial charge in [0, 0.05) is 6.42 Å². The summed E-state index contributed by atoms with van der Waals surface area (Å²) in [6.07, 6.45) is 2.28. The molecule has 2 aromatic rings. The van der Waals surface area contributed by atoms with Gasteiger partial charge in [0.15, 0.2) is 11.5 Å². The Morgan fingerprint density at radius 1 is 1.03 bits per heavy atom. The highest BCUT2D eigenvalue weighted by atomic mass is 16.6. The molecule has 1 heterocycles. The molecule has 2 aliphatic rings. The molecule has 1 aliphatic heterocycles. The quantitative estimate of drug-likeness (QED) is 0.625. The summed E-state index contributed by atoms with van der Waals surface area (Å²) in [5, 5.41) is 0. The fourth-order valence-electron chi connectivity index (χ4n) is 4.10. The van der Waals surface area contributed by atoms with E-state index in [1.807, 2.05) is 25.1 Å². The second-order valence-electron chi connectivity index (χ2n) is 7.96. The van der Waals surface area contributed by atoms with E-state index in [9.17, 15) is 9.59 Å². The molecule has 3 atom stereocenters.